The second kappa shape index (κ2) is 11.1. The van der Waals surface area contributed by atoms with E-state index < -0.39 is 81.8 Å². The van der Waals surface area contributed by atoms with Crippen LogP contribution in [-0.4, -0.2) is 110 Å². The van der Waals surface area contributed by atoms with E-state index in [9.17, 15) is 38.7 Å². The Bertz CT molecular complexity index is 1860. The van der Waals surface area contributed by atoms with Crippen LogP contribution >= 0.6 is 27.4 Å². The molecular weight excluding hydrogens is 666 g/mol. The lowest BCUT2D eigenvalue weighted by Crippen LogP contribution is -2.36. The number of carbonyl (C=O) groups is 1. The minimum absolute atomic E-state index is 0.0197. The summed E-state index contributed by atoms with van der Waals surface area (Å²) in [7, 11) is -10.1. The van der Waals surface area contributed by atoms with Gasteiger partial charge < -0.3 is 30.5 Å². The van der Waals surface area contributed by atoms with E-state index in [0.29, 0.717) is 0 Å². The van der Waals surface area contributed by atoms with Crippen LogP contribution in [0.1, 0.15) is 28.5 Å². The Labute approximate surface area is 254 Å². The Balaban J connectivity index is 1.20. The summed E-state index contributed by atoms with van der Waals surface area (Å²) in [5, 5.41) is 20.1. The van der Waals surface area contributed by atoms with Crippen molar-refractivity contribution in [3.63, 3.8) is 0 Å². The van der Waals surface area contributed by atoms with Crippen molar-refractivity contribution in [3.05, 3.63) is 28.7 Å². The first kappa shape index (κ1) is 30.8. The first-order valence-electron chi connectivity index (χ1n) is 13.2. The average Bonchev–Trinajstić information content (AvgIpc) is 3.72. The van der Waals surface area contributed by atoms with Gasteiger partial charge in [-0.05, 0) is 0 Å². The van der Waals surface area contributed by atoms with Crippen molar-refractivity contribution in [1.82, 2.24) is 29.1 Å². The molecule has 0 saturated carbocycles. The first-order chi connectivity index (χ1) is 21.3. The first-order valence-corrected chi connectivity index (χ1v) is 17.1. The summed E-state index contributed by atoms with van der Waals surface area (Å²) in [6.45, 7) is -1.46. The third-order valence-electron chi connectivity index (χ3n) is 7.46. The number of hydrogen-bond acceptors (Lipinski definition) is 17. The van der Waals surface area contributed by atoms with Gasteiger partial charge in [-0.2, -0.15) is 4.98 Å². The molecule has 3 aromatic heterocycles. The van der Waals surface area contributed by atoms with Crippen molar-refractivity contribution in [2.45, 2.75) is 53.8 Å². The van der Waals surface area contributed by atoms with E-state index in [-0.39, 0.29) is 40.8 Å². The highest BCUT2D eigenvalue weighted by atomic mass is 32.2. The molecule has 0 aliphatic carbocycles. The number of fused-ring (bicyclic) bond motifs is 5. The summed E-state index contributed by atoms with van der Waals surface area (Å²) >= 11 is 0.900. The lowest BCUT2D eigenvalue weighted by Gasteiger charge is -2.26. The number of aromatic nitrogens is 6. The van der Waals surface area contributed by atoms with Crippen molar-refractivity contribution in [1.29, 1.82) is 0 Å². The number of nitrogens with one attached hydrogen (secondary N) is 1. The number of thioether (sulfide) groups is 1. The van der Waals surface area contributed by atoms with Gasteiger partial charge >= 0.3 is 15.6 Å². The Kier molecular flexibility index (Phi) is 7.62. The number of hydrogen-bond donors (Lipinski definition) is 6. The third kappa shape index (κ3) is 5.49. The molecule has 24 heteroatoms. The number of anilines is 1. The molecule has 2 unspecified atom stereocenters. The summed E-state index contributed by atoms with van der Waals surface area (Å²) in [5.41, 5.74) is 4.90. The minimum Gasteiger partial charge on any atom is -0.389 e. The van der Waals surface area contributed by atoms with Gasteiger partial charge in [-0.1, -0.05) is 0 Å². The number of aliphatic hydroxyl groups excluding tert-OH is 2. The summed E-state index contributed by atoms with van der Waals surface area (Å²) in [4.78, 5) is 64.4. The molecule has 242 valence electrons. The fraction of sp³-hybridized carbons (Fsp3) is 0.524. The summed E-state index contributed by atoms with van der Waals surface area (Å²) in [5.74, 6) is -0.515. The van der Waals surface area contributed by atoms with E-state index in [1.165, 1.54) is 28.0 Å². The van der Waals surface area contributed by atoms with Crippen LogP contribution < -0.4 is 11.3 Å². The van der Waals surface area contributed by atoms with Crippen LogP contribution in [0.25, 0.3) is 11.2 Å². The van der Waals surface area contributed by atoms with Gasteiger partial charge in [-0.3, -0.25) is 41.8 Å². The van der Waals surface area contributed by atoms with Crippen molar-refractivity contribution in [2.75, 3.05) is 18.9 Å². The molecule has 21 nitrogen and oxygen atoms in total. The van der Waals surface area contributed by atoms with Gasteiger partial charge in [-0.25, -0.2) is 24.1 Å². The fourth-order valence-corrected chi connectivity index (χ4v) is 9.00. The fourth-order valence-electron chi connectivity index (χ4n) is 5.42. The van der Waals surface area contributed by atoms with Crippen LogP contribution in [-0.2, 0) is 32.0 Å². The van der Waals surface area contributed by atoms with Crippen LogP contribution in [0.4, 0.5) is 11.8 Å². The minimum atomic E-state index is -5.06. The Morgan fingerprint density at radius 2 is 1.71 bits per heavy atom. The molecule has 45 heavy (non-hydrogen) atoms. The third-order valence-corrected chi connectivity index (χ3v) is 11.0. The molecule has 7 heterocycles. The Hall–Kier alpha value is -2.85. The second-order valence-corrected chi connectivity index (χ2v) is 14.5. The van der Waals surface area contributed by atoms with Crippen molar-refractivity contribution < 1.29 is 56.8 Å². The molecule has 4 aliphatic rings. The van der Waals surface area contributed by atoms with Gasteiger partial charge in [-0.15, -0.1) is 11.8 Å². The number of rotatable bonds is 2. The molecule has 7 rings (SSSR count). The Morgan fingerprint density at radius 1 is 1.00 bits per heavy atom. The number of nitrogen functional groups attached to an aromatic ring is 1. The van der Waals surface area contributed by atoms with Crippen molar-refractivity contribution in [3.8, 4) is 0 Å². The van der Waals surface area contributed by atoms with E-state index in [4.69, 9.17) is 28.6 Å². The standard InChI is InChI=1S/C21H24N8O13P2S/c22-21-26-17-11(18(33)27-21)25-6-29(17)20-15-12(31)9(45-20)4-39-44(36,37)41-14-8(3-38-43(34,35)42-15)40-19(13(14)32)28-5-24-10-7(30)1-2-23-16(10)28/h2,5-6,8-9,12-15,19-20,31-32H,1,3-4H2,(H,34,35)(H,36,37)(H3,22,26,27,33)/t8-,9-,12-,13-,14-,15-,19-,20-/m1/s1. The monoisotopic (exact) mass is 690 g/mol. The van der Waals surface area contributed by atoms with Crippen LogP contribution in [0.2, 0.25) is 0 Å². The molecule has 0 spiro atoms. The maximum Gasteiger partial charge on any atom is 0.472 e. The number of imidazole rings is 2. The van der Waals surface area contributed by atoms with Crippen molar-refractivity contribution in [2.24, 2.45) is 4.99 Å². The largest absolute Gasteiger partial charge is 0.472 e. The number of ketones is 1. The van der Waals surface area contributed by atoms with Gasteiger partial charge in [0, 0.05) is 12.6 Å². The lowest BCUT2D eigenvalue weighted by molar-refractivity contribution is -0.0554. The molecule has 0 radical (unpaired) electrons. The summed E-state index contributed by atoms with van der Waals surface area (Å²) < 4.78 is 55.7. The highest BCUT2D eigenvalue weighted by molar-refractivity contribution is 8.00. The topological polar surface area (TPSA) is 298 Å². The summed E-state index contributed by atoms with van der Waals surface area (Å²) in [6, 6.07) is 0. The number of H-pyrrole nitrogens is 1. The maximum atomic E-state index is 13.2. The van der Waals surface area contributed by atoms with E-state index in [1.807, 2.05) is 0 Å². The number of carbonyl (C=O) groups excluding carboxylic acids is 1. The molecule has 3 fully saturated rings. The number of phosphoric acid groups is 2. The van der Waals surface area contributed by atoms with Crippen molar-refractivity contribution >= 4 is 62.3 Å². The maximum absolute atomic E-state index is 13.2. The molecule has 4 aliphatic heterocycles. The summed E-state index contributed by atoms with van der Waals surface area (Å²) in [6.07, 6.45) is -5.63. The second-order valence-electron chi connectivity index (χ2n) is 10.3. The Morgan fingerprint density at radius 3 is 2.49 bits per heavy atom. The number of nitrogens with zero attached hydrogens (tertiary/aromatic N) is 6. The molecule has 10 atom stereocenters. The van der Waals surface area contributed by atoms with Gasteiger partial charge in [0.25, 0.3) is 5.56 Å². The van der Waals surface area contributed by atoms with E-state index in [1.54, 1.807) is 0 Å². The van der Waals surface area contributed by atoms with Crippen LogP contribution in [0.3, 0.4) is 0 Å². The average molecular weight is 690 g/mol. The molecule has 2 bridgehead atoms. The van der Waals surface area contributed by atoms with E-state index in [2.05, 4.69) is 24.9 Å². The molecule has 0 aromatic carbocycles. The van der Waals surface area contributed by atoms with Crippen LogP contribution in [0.15, 0.2) is 22.4 Å². The lowest BCUT2D eigenvalue weighted by atomic mass is 10.1. The van der Waals surface area contributed by atoms with Crippen LogP contribution in [0.5, 0.6) is 0 Å². The van der Waals surface area contributed by atoms with Gasteiger partial charge in [0.05, 0.1) is 37.2 Å². The number of nitrogens with two attached hydrogens (primary N) is 1. The zero-order chi connectivity index (χ0) is 31.8. The predicted octanol–water partition coefficient (Wildman–Crippen LogP) is -0.862. The number of aliphatic imine (C=N–C) groups is 1. The number of Topliss-reactive ketones (excluding diaryl/α,β-unsaturated/α-hetero) is 1. The quantitative estimate of drug-likeness (QED) is 0.178. The highest BCUT2D eigenvalue weighted by Crippen LogP contribution is 2.56. The number of phosphoric ester groups is 2. The molecule has 7 N–H and O–H groups in total. The van der Waals surface area contributed by atoms with Gasteiger partial charge in [0.15, 0.2) is 34.7 Å². The highest BCUT2D eigenvalue weighted by Gasteiger charge is 2.53. The number of aliphatic hydroxyl groups is 2. The normalized spacial score (nSPS) is 38.8. The SMILES string of the molecule is Nc1nc2c(ncn2[C@@H]2S[C@@H]3COP(=O)(O)O[C@H]4[C@@H](O)[C@H](n5cnc6c5N=CCC6=O)O[C@@H]4COP(=O)(O)O[C@@H]2[C@@H]3O)c(=O)[nH]1. The van der Waals surface area contributed by atoms with E-state index in [0.717, 1.165) is 11.8 Å². The van der Waals surface area contributed by atoms with Crippen LogP contribution in [0, 0.1) is 0 Å². The zero-order valence-corrected chi connectivity index (χ0v) is 25.1. The molecular formula is C21H24N8O13P2S. The smallest absolute Gasteiger partial charge is 0.389 e. The van der Waals surface area contributed by atoms with Gasteiger partial charge in [0.2, 0.25) is 5.95 Å². The van der Waals surface area contributed by atoms with E-state index >= 15 is 0 Å². The zero-order valence-electron chi connectivity index (χ0n) is 22.5. The molecule has 0 amide bonds. The van der Waals surface area contributed by atoms with Gasteiger partial charge in [0.1, 0.15) is 29.8 Å². The molecule has 3 saturated heterocycles. The number of ether oxygens (including phenoxy) is 1. The number of aromatic amines is 1. The predicted molar refractivity (Wildman–Crippen MR) is 150 cm³/mol. The molecule has 3 aromatic rings.